The first-order valence-electron chi connectivity index (χ1n) is 6.82. The fourth-order valence-corrected chi connectivity index (χ4v) is 2.38. The lowest BCUT2D eigenvalue weighted by molar-refractivity contribution is -0.119. The Bertz CT molecular complexity index is 543. The van der Waals surface area contributed by atoms with Crippen molar-refractivity contribution in [1.82, 2.24) is 15.2 Å². The fraction of sp³-hybridized carbons (Fsp3) is 0.500. The minimum absolute atomic E-state index is 0.0807. The highest BCUT2D eigenvalue weighted by Crippen LogP contribution is 2.20. The van der Waals surface area contributed by atoms with Crippen molar-refractivity contribution < 1.29 is 18.4 Å². The van der Waals surface area contributed by atoms with E-state index in [0.29, 0.717) is 25.6 Å². The van der Waals surface area contributed by atoms with Crippen LogP contribution in [0.3, 0.4) is 0 Å². The van der Waals surface area contributed by atoms with Crippen molar-refractivity contribution in [2.24, 2.45) is 5.92 Å². The molecule has 0 radical (unpaired) electrons. The third-order valence-corrected chi connectivity index (χ3v) is 3.62. The summed E-state index contributed by atoms with van der Waals surface area (Å²) in [5.41, 5.74) is -0.289. The number of aromatic nitrogens is 1. The molecule has 114 valence electrons. The van der Waals surface area contributed by atoms with Crippen LogP contribution in [-0.4, -0.2) is 41.3 Å². The minimum Gasteiger partial charge on any atom is -0.356 e. The van der Waals surface area contributed by atoms with Gasteiger partial charge >= 0.3 is 0 Å². The molecule has 2 heterocycles. The summed E-state index contributed by atoms with van der Waals surface area (Å²) in [4.78, 5) is 27.7. The molecule has 0 spiro atoms. The number of amides is 2. The topological polar surface area (TPSA) is 62.3 Å². The summed E-state index contributed by atoms with van der Waals surface area (Å²) in [6.07, 6.45) is 2.53. The minimum atomic E-state index is -1.26. The van der Waals surface area contributed by atoms with E-state index in [4.69, 9.17) is 0 Å². The van der Waals surface area contributed by atoms with Crippen molar-refractivity contribution in [3.63, 3.8) is 0 Å². The third-order valence-electron chi connectivity index (χ3n) is 3.62. The van der Waals surface area contributed by atoms with Gasteiger partial charge in [-0.05, 0) is 24.8 Å². The van der Waals surface area contributed by atoms with Gasteiger partial charge in [-0.2, -0.15) is 4.39 Å². The first-order valence-corrected chi connectivity index (χ1v) is 6.82. The van der Waals surface area contributed by atoms with Gasteiger partial charge in [-0.15, -0.1) is 0 Å². The molecule has 0 saturated carbocycles. The standard InChI is InChI=1S/C14H17F2N3O2/c1-9(20)18-8-10-3-6-19(7-4-10)14(21)11-2-5-17-13(16)12(11)15/h2,5,10H,3-4,6-8H2,1H3,(H,18,20). The van der Waals surface area contributed by atoms with Gasteiger partial charge in [0.25, 0.3) is 5.91 Å². The van der Waals surface area contributed by atoms with Crippen molar-refractivity contribution in [3.8, 4) is 0 Å². The predicted octanol–water partition coefficient (Wildman–Crippen LogP) is 1.35. The van der Waals surface area contributed by atoms with E-state index in [1.165, 1.54) is 17.9 Å². The Labute approximate surface area is 121 Å². The summed E-state index contributed by atoms with van der Waals surface area (Å²) < 4.78 is 26.6. The number of hydrogen-bond donors (Lipinski definition) is 1. The number of piperidine rings is 1. The molecule has 21 heavy (non-hydrogen) atoms. The molecule has 1 aliphatic heterocycles. The maximum Gasteiger partial charge on any atom is 0.257 e. The van der Waals surface area contributed by atoms with E-state index in [-0.39, 0.29) is 11.5 Å². The lowest BCUT2D eigenvalue weighted by atomic mass is 9.96. The molecule has 0 aromatic carbocycles. The van der Waals surface area contributed by atoms with E-state index >= 15 is 0 Å². The third kappa shape index (κ3) is 3.74. The van der Waals surface area contributed by atoms with Gasteiger partial charge in [-0.25, -0.2) is 9.37 Å². The van der Waals surface area contributed by atoms with Crippen LogP contribution in [0.15, 0.2) is 12.3 Å². The molecule has 0 atom stereocenters. The van der Waals surface area contributed by atoms with Gasteiger partial charge in [0.05, 0.1) is 5.56 Å². The smallest absolute Gasteiger partial charge is 0.257 e. The molecule has 2 amide bonds. The number of likely N-dealkylation sites (tertiary alicyclic amines) is 1. The highest BCUT2D eigenvalue weighted by molar-refractivity contribution is 5.94. The van der Waals surface area contributed by atoms with Crippen molar-refractivity contribution >= 4 is 11.8 Å². The zero-order valence-electron chi connectivity index (χ0n) is 11.7. The molecule has 1 saturated heterocycles. The summed E-state index contributed by atoms with van der Waals surface area (Å²) in [5, 5.41) is 2.75. The van der Waals surface area contributed by atoms with Crippen molar-refractivity contribution in [1.29, 1.82) is 0 Å². The van der Waals surface area contributed by atoms with E-state index in [1.807, 2.05) is 0 Å². The number of carbonyl (C=O) groups excluding carboxylic acids is 2. The zero-order chi connectivity index (χ0) is 15.4. The summed E-state index contributed by atoms with van der Waals surface area (Å²) in [7, 11) is 0. The maximum atomic E-state index is 13.6. The Morgan fingerprint density at radius 1 is 1.38 bits per heavy atom. The molecule has 0 bridgehead atoms. The Morgan fingerprint density at radius 2 is 2.05 bits per heavy atom. The van der Waals surface area contributed by atoms with Gasteiger partial charge in [0.2, 0.25) is 11.9 Å². The second-order valence-electron chi connectivity index (χ2n) is 5.14. The second kappa shape index (κ2) is 6.60. The first kappa shape index (κ1) is 15.3. The number of halogens is 2. The largest absolute Gasteiger partial charge is 0.356 e. The second-order valence-corrected chi connectivity index (χ2v) is 5.14. The Balaban J connectivity index is 1.94. The van der Waals surface area contributed by atoms with Crippen LogP contribution in [0.2, 0.25) is 0 Å². The van der Waals surface area contributed by atoms with Gasteiger partial charge in [0.15, 0.2) is 5.82 Å². The highest BCUT2D eigenvalue weighted by atomic mass is 19.2. The Kier molecular flexibility index (Phi) is 4.82. The van der Waals surface area contributed by atoms with Crippen LogP contribution in [0.5, 0.6) is 0 Å². The number of pyridine rings is 1. The monoisotopic (exact) mass is 297 g/mol. The molecular weight excluding hydrogens is 280 g/mol. The molecule has 5 nitrogen and oxygen atoms in total. The van der Waals surface area contributed by atoms with Gasteiger partial charge in [0, 0.05) is 32.8 Å². The predicted molar refractivity (Wildman–Crippen MR) is 71.5 cm³/mol. The lowest BCUT2D eigenvalue weighted by Crippen LogP contribution is -2.41. The van der Waals surface area contributed by atoms with Gasteiger partial charge in [-0.3, -0.25) is 9.59 Å². The highest BCUT2D eigenvalue weighted by Gasteiger charge is 2.26. The van der Waals surface area contributed by atoms with Gasteiger partial charge < -0.3 is 10.2 Å². The normalized spacial score (nSPS) is 15.9. The molecule has 1 N–H and O–H groups in total. The summed E-state index contributed by atoms with van der Waals surface area (Å²) in [6, 6.07) is 1.18. The van der Waals surface area contributed by atoms with Crippen LogP contribution in [0.1, 0.15) is 30.1 Å². The first-order chi connectivity index (χ1) is 9.99. The van der Waals surface area contributed by atoms with Gasteiger partial charge in [-0.1, -0.05) is 0 Å². The molecular formula is C14H17F2N3O2. The fourth-order valence-electron chi connectivity index (χ4n) is 2.38. The van der Waals surface area contributed by atoms with Gasteiger partial charge in [0.1, 0.15) is 0 Å². The van der Waals surface area contributed by atoms with Crippen LogP contribution in [0, 0.1) is 17.7 Å². The summed E-state index contributed by atoms with van der Waals surface area (Å²) in [6.45, 7) is 2.97. The quantitative estimate of drug-likeness (QED) is 0.857. The van der Waals surface area contributed by atoms with E-state index in [9.17, 15) is 18.4 Å². The van der Waals surface area contributed by atoms with Crippen molar-refractivity contribution in [2.75, 3.05) is 19.6 Å². The van der Waals surface area contributed by atoms with Crippen LogP contribution >= 0.6 is 0 Å². The van der Waals surface area contributed by atoms with E-state index < -0.39 is 17.7 Å². The molecule has 1 aliphatic rings. The molecule has 1 aromatic rings. The molecule has 0 aliphatic carbocycles. The summed E-state index contributed by atoms with van der Waals surface area (Å²) in [5.74, 6) is -2.77. The number of rotatable bonds is 3. The maximum absolute atomic E-state index is 13.6. The number of carbonyl (C=O) groups is 2. The molecule has 1 fully saturated rings. The van der Waals surface area contributed by atoms with Crippen LogP contribution in [-0.2, 0) is 4.79 Å². The van der Waals surface area contributed by atoms with E-state index in [0.717, 1.165) is 19.0 Å². The number of hydrogen-bond acceptors (Lipinski definition) is 3. The molecule has 1 aromatic heterocycles. The van der Waals surface area contributed by atoms with Crippen LogP contribution in [0.25, 0.3) is 0 Å². The SMILES string of the molecule is CC(=O)NCC1CCN(C(=O)c2ccnc(F)c2F)CC1. The number of nitrogens with zero attached hydrogens (tertiary/aromatic N) is 2. The van der Waals surface area contributed by atoms with Crippen LogP contribution in [0.4, 0.5) is 8.78 Å². The number of nitrogens with one attached hydrogen (secondary N) is 1. The van der Waals surface area contributed by atoms with Crippen molar-refractivity contribution in [3.05, 3.63) is 29.6 Å². The van der Waals surface area contributed by atoms with Crippen molar-refractivity contribution in [2.45, 2.75) is 19.8 Å². The van der Waals surface area contributed by atoms with E-state index in [2.05, 4.69) is 10.3 Å². The van der Waals surface area contributed by atoms with Crippen LogP contribution < -0.4 is 5.32 Å². The molecule has 2 rings (SSSR count). The Morgan fingerprint density at radius 3 is 2.67 bits per heavy atom. The lowest BCUT2D eigenvalue weighted by Gasteiger charge is -2.32. The zero-order valence-corrected chi connectivity index (χ0v) is 11.7. The average molecular weight is 297 g/mol. The molecule has 7 heteroatoms. The average Bonchev–Trinajstić information content (AvgIpc) is 2.48. The summed E-state index contributed by atoms with van der Waals surface area (Å²) >= 11 is 0. The Hall–Kier alpha value is -2.05. The molecule has 0 unspecified atom stereocenters. The van der Waals surface area contributed by atoms with E-state index in [1.54, 1.807) is 0 Å².